The minimum absolute atomic E-state index is 0.0574. The van der Waals surface area contributed by atoms with E-state index in [1.165, 1.54) is 0 Å². The van der Waals surface area contributed by atoms with Crippen LogP contribution in [0.2, 0.25) is 0 Å². The van der Waals surface area contributed by atoms with Crippen molar-refractivity contribution in [3.63, 3.8) is 0 Å². The van der Waals surface area contributed by atoms with Crippen LogP contribution in [0.5, 0.6) is 0 Å². The molecule has 0 fully saturated rings. The maximum atomic E-state index is 9.42. The summed E-state index contributed by atoms with van der Waals surface area (Å²) >= 11 is 0. The van der Waals surface area contributed by atoms with Gasteiger partial charge in [0.25, 0.3) is 0 Å². The van der Waals surface area contributed by atoms with Gasteiger partial charge in [-0.15, -0.1) is 0 Å². The van der Waals surface area contributed by atoms with E-state index in [0.717, 1.165) is 0 Å². The van der Waals surface area contributed by atoms with Gasteiger partial charge in [0.15, 0.2) is 0 Å². The molecule has 5 heteroatoms. The molecule has 0 aromatic heterocycles. The molecule has 0 aromatic rings. The Morgan fingerprint density at radius 2 is 2.00 bits per heavy atom. The summed E-state index contributed by atoms with van der Waals surface area (Å²) in [4.78, 5) is 0. The first-order valence-electron chi connectivity index (χ1n) is 4.71. The van der Waals surface area contributed by atoms with Crippen molar-refractivity contribution in [2.45, 2.75) is 39.3 Å². The number of hydrogen-bond donors (Lipinski definition) is 4. The molecular weight excluding hydrogens is 182 g/mol. The van der Waals surface area contributed by atoms with Crippen LogP contribution in [0.25, 0.3) is 0 Å². The molecule has 0 aromatic carbocycles. The zero-order chi connectivity index (χ0) is 11.4. The highest BCUT2D eigenvalue weighted by molar-refractivity contribution is 5.82. The summed E-state index contributed by atoms with van der Waals surface area (Å²) in [7, 11) is 0. The summed E-state index contributed by atoms with van der Waals surface area (Å²) in [5.41, 5.74) is 5.05. The fourth-order valence-corrected chi connectivity index (χ4v) is 0.767. The van der Waals surface area contributed by atoms with E-state index in [4.69, 9.17) is 10.9 Å². The van der Waals surface area contributed by atoms with Crippen LogP contribution in [0.3, 0.4) is 0 Å². The Kier molecular flexibility index (Phi) is 4.87. The standard InChI is InChI=1S/C9H21N3O2/c1-6(8(10)12-14)5-11-9(3,4)7(2)13/h6-7,11,13-14H,5H2,1-4H3,(H2,10,12). The van der Waals surface area contributed by atoms with Crippen molar-refractivity contribution in [2.24, 2.45) is 16.8 Å². The Morgan fingerprint density at radius 3 is 2.36 bits per heavy atom. The molecule has 0 bridgehead atoms. The third-order valence-corrected chi connectivity index (χ3v) is 2.53. The molecule has 2 unspecified atom stereocenters. The summed E-state index contributed by atoms with van der Waals surface area (Å²) in [5, 5.41) is 23.9. The summed E-state index contributed by atoms with van der Waals surface area (Å²) in [6.07, 6.45) is -0.456. The Bertz CT molecular complexity index is 202. The van der Waals surface area contributed by atoms with Gasteiger partial charge in [-0.25, -0.2) is 0 Å². The molecule has 0 radical (unpaired) electrons. The van der Waals surface area contributed by atoms with Crippen molar-refractivity contribution in [1.82, 2.24) is 5.32 Å². The number of aliphatic hydroxyl groups is 1. The summed E-state index contributed by atoms with van der Waals surface area (Å²) in [6.45, 7) is 7.93. The normalized spacial score (nSPS) is 17.9. The molecule has 5 nitrogen and oxygen atoms in total. The number of oxime groups is 1. The number of nitrogens with zero attached hydrogens (tertiary/aromatic N) is 1. The topological polar surface area (TPSA) is 90.9 Å². The van der Waals surface area contributed by atoms with Gasteiger partial charge in [-0.3, -0.25) is 0 Å². The lowest BCUT2D eigenvalue weighted by atomic mass is 9.97. The fourth-order valence-electron chi connectivity index (χ4n) is 0.767. The first kappa shape index (κ1) is 13.2. The van der Waals surface area contributed by atoms with E-state index < -0.39 is 6.10 Å². The predicted molar refractivity (Wildman–Crippen MR) is 56.3 cm³/mol. The lowest BCUT2D eigenvalue weighted by Gasteiger charge is -2.30. The van der Waals surface area contributed by atoms with Crippen molar-refractivity contribution >= 4 is 5.84 Å². The van der Waals surface area contributed by atoms with Crippen LogP contribution in [0.15, 0.2) is 5.16 Å². The van der Waals surface area contributed by atoms with Crippen LogP contribution >= 0.6 is 0 Å². The number of nitrogens with one attached hydrogen (secondary N) is 1. The third kappa shape index (κ3) is 3.93. The molecule has 0 spiro atoms. The molecule has 14 heavy (non-hydrogen) atoms. The Labute approximate surface area is 85.0 Å². The molecular formula is C9H21N3O2. The average Bonchev–Trinajstić information content (AvgIpc) is 2.12. The zero-order valence-electron chi connectivity index (χ0n) is 9.28. The highest BCUT2D eigenvalue weighted by atomic mass is 16.4. The maximum absolute atomic E-state index is 9.42. The van der Waals surface area contributed by atoms with Gasteiger partial charge in [0.05, 0.1) is 6.10 Å². The second kappa shape index (κ2) is 5.17. The second-order valence-electron chi connectivity index (χ2n) is 4.20. The Hall–Kier alpha value is -0.810. The molecule has 0 saturated heterocycles. The van der Waals surface area contributed by atoms with E-state index in [0.29, 0.717) is 6.54 Å². The molecule has 0 amide bonds. The molecule has 84 valence electrons. The van der Waals surface area contributed by atoms with Gasteiger partial charge in [0.2, 0.25) is 0 Å². The highest BCUT2D eigenvalue weighted by Gasteiger charge is 2.24. The number of rotatable bonds is 5. The van der Waals surface area contributed by atoms with Crippen molar-refractivity contribution < 1.29 is 10.3 Å². The van der Waals surface area contributed by atoms with Crippen molar-refractivity contribution in [3.8, 4) is 0 Å². The predicted octanol–water partition coefficient (Wildman–Crippen LogP) is 0.118. The maximum Gasteiger partial charge on any atom is 0.143 e. The fraction of sp³-hybridized carbons (Fsp3) is 0.889. The first-order valence-corrected chi connectivity index (χ1v) is 4.71. The number of amidine groups is 1. The molecule has 5 N–H and O–H groups in total. The van der Waals surface area contributed by atoms with Crippen molar-refractivity contribution in [1.29, 1.82) is 0 Å². The minimum atomic E-state index is -0.456. The van der Waals surface area contributed by atoms with Crippen molar-refractivity contribution in [2.75, 3.05) is 6.54 Å². The van der Waals surface area contributed by atoms with Gasteiger partial charge in [-0.1, -0.05) is 12.1 Å². The van der Waals surface area contributed by atoms with Crippen LogP contribution in [0.4, 0.5) is 0 Å². The molecule has 2 atom stereocenters. The number of nitrogens with two attached hydrogens (primary N) is 1. The summed E-state index contributed by atoms with van der Waals surface area (Å²) in [6, 6.07) is 0. The molecule has 0 rings (SSSR count). The molecule has 0 heterocycles. The van der Waals surface area contributed by atoms with Crippen LogP contribution < -0.4 is 11.1 Å². The Morgan fingerprint density at radius 1 is 1.50 bits per heavy atom. The van der Waals surface area contributed by atoms with E-state index >= 15 is 0 Å². The molecule has 0 aliphatic carbocycles. The molecule has 0 aliphatic heterocycles. The van der Waals surface area contributed by atoms with Gasteiger partial charge >= 0.3 is 0 Å². The largest absolute Gasteiger partial charge is 0.409 e. The van der Waals surface area contributed by atoms with Gasteiger partial charge < -0.3 is 21.4 Å². The lowest BCUT2D eigenvalue weighted by Crippen LogP contribution is -2.50. The van der Waals surface area contributed by atoms with Gasteiger partial charge in [0.1, 0.15) is 5.84 Å². The van der Waals surface area contributed by atoms with Gasteiger partial charge in [0, 0.05) is 18.0 Å². The van der Waals surface area contributed by atoms with Crippen molar-refractivity contribution in [3.05, 3.63) is 0 Å². The molecule has 0 saturated carbocycles. The smallest absolute Gasteiger partial charge is 0.143 e. The summed E-state index contributed by atoms with van der Waals surface area (Å²) < 4.78 is 0. The molecule has 0 aliphatic rings. The van der Waals surface area contributed by atoms with Crippen LogP contribution in [0.1, 0.15) is 27.7 Å². The van der Waals surface area contributed by atoms with E-state index in [9.17, 15) is 5.11 Å². The SMILES string of the molecule is CC(CNC(C)(C)C(C)O)C(N)=NO. The van der Waals surface area contributed by atoms with E-state index in [1.54, 1.807) is 6.92 Å². The van der Waals surface area contributed by atoms with Gasteiger partial charge in [-0.2, -0.15) is 0 Å². The monoisotopic (exact) mass is 203 g/mol. The van der Waals surface area contributed by atoms with Crippen LogP contribution in [0, 0.1) is 5.92 Å². The Balaban J connectivity index is 4.06. The highest BCUT2D eigenvalue weighted by Crippen LogP contribution is 2.08. The van der Waals surface area contributed by atoms with E-state index in [2.05, 4.69) is 10.5 Å². The van der Waals surface area contributed by atoms with E-state index in [1.807, 2.05) is 20.8 Å². The van der Waals surface area contributed by atoms with Crippen LogP contribution in [-0.4, -0.2) is 34.3 Å². The lowest BCUT2D eigenvalue weighted by molar-refractivity contribution is 0.0957. The average molecular weight is 203 g/mol. The van der Waals surface area contributed by atoms with Gasteiger partial charge in [-0.05, 0) is 20.8 Å². The third-order valence-electron chi connectivity index (χ3n) is 2.53. The minimum Gasteiger partial charge on any atom is -0.409 e. The van der Waals surface area contributed by atoms with Crippen LogP contribution in [-0.2, 0) is 0 Å². The zero-order valence-corrected chi connectivity index (χ0v) is 9.28. The van der Waals surface area contributed by atoms with E-state index in [-0.39, 0.29) is 17.3 Å². The second-order valence-corrected chi connectivity index (χ2v) is 4.20. The summed E-state index contributed by atoms with van der Waals surface area (Å²) in [5.74, 6) is 0.136. The number of hydrogen-bond acceptors (Lipinski definition) is 4. The quantitative estimate of drug-likeness (QED) is 0.221. The first-order chi connectivity index (χ1) is 6.31. The number of aliphatic hydroxyl groups excluding tert-OH is 1.